The molecule has 1 N–H and O–H groups in total. The lowest BCUT2D eigenvalue weighted by atomic mass is 10.1. The number of aromatic nitrogens is 1. The van der Waals surface area contributed by atoms with Crippen LogP contribution in [0.15, 0.2) is 36.5 Å². The van der Waals surface area contributed by atoms with Gasteiger partial charge in [-0.3, -0.25) is 10.1 Å². The molecule has 0 radical (unpaired) electrons. The van der Waals surface area contributed by atoms with Gasteiger partial charge in [-0.05, 0) is 24.1 Å². The van der Waals surface area contributed by atoms with Gasteiger partial charge in [0.05, 0.1) is 11.0 Å². The summed E-state index contributed by atoms with van der Waals surface area (Å²) in [7, 11) is 0. The molecular weight excluding hydrogens is 268 g/mol. The number of pyridine rings is 1. The number of nitrogens with one attached hydrogen (secondary N) is 1. The topological polar surface area (TPSA) is 68.1 Å². The van der Waals surface area contributed by atoms with E-state index in [4.69, 9.17) is 0 Å². The Hall–Kier alpha value is -2.57. The number of nitrogens with zero attached hydrogens (tertiary/aromatic N) is 2. The Balaban J connectivity index is 1.95. The van der Waals surface area contributed by atoms with Gasteiger partial charge in [0.1, 0.15) is 17.5 Å². The minimum atomic E-state index is -0.631. The first-order valence-electron chi connectivity index (χ1n) is 5.84. The molecule has 104 valence electrons. The van der Waals surface area contributed by atoms with E-state index in [0.29, 0.717) is 24.3 Å². The molecule has 1 heterocycles. The normalized spacial score (nSPS) is 10.3. The van der Waals surface area contributed by atoms with Crippen molar-refractivity contribution >= 4 is 11.5 Å². The smallest absolute Gasteiger partial charge is 0.274 e. The first-order chi connectivity index (χ1) is 9.54. The molecule has 5 nitrogen and oxygen atoms in total. The molecule has 0 unspecified atom stereocenters. The van der Waals surface area contributed by atoms with E-state index >= 15 is 0 Å². The third-order valence-corrected chi connectivity index (χ3v) is 2.60. The van der Waals surface area contributed by atoms with Gasteiger partial charge in [0, 0.05) is 24.9 Å². The maximum absolute atomic E-state index is 13.0. The summed E-state index contributed by atoms with van der Waals surface area (Å²) >= 11 is 0. The number of hydrogen-bond donors (Lipinski definition) is 1. The third kappa shape index (κ3) is 3.71. The average molecular weight is 279 g/mol. The maximum Gasteiger partial charge on any atom is 0.274 e. The predicted octanol–water partition coefficient (Wildman–Crippen LogP) is 2.92. The lowest BCUT2D eigenvalue weighted by Gasteiger charge is -2.05. The average Bonchev–Trinajstić information content (AvgIpc) is 2.38. The molecule has 2 aromatic rings. The van der Waals surface area contributed by atoms with Gasteiger partial charge in [-0.1, -0.05) is 0 Å². The Bertz CT molecular complexity index is 615. The number of halogens is 2. The molecule has 0 amide bonds. The molecule has 0 aliphatic carbocycles. The van der Waals surface area contributed by atoms with Crippen LogP contribution in [-0.4, -0.2) is 16.5 Å². The monoisotopic (exact) mass is 279 g/mol. The molecule has 0 aliphatic rings. The van der Waals surface area contributed by atoms with Gasteiger partial charge >= 0.3 is 0 Å². The van der Waals surface area contributed by atoms with Crippen LogP contribution < -0.4 is 5.32 Å². The lowest BCUT2D eigenvalue weighted by Crippen LogP contribution is -2.07. The van der Waals surface area contributed by atoms with Crippen LogP contribution in [0.1, 0.15) is 5.56 Å². The first-order valence-corrected chi connectivity index (χ1v) is 5.84. The van der Waals surface area contributed by atoms with Crippen molar-refractivity contribution in [2.75, 3.05) is 11.9 Å². The van der Waals surface area contributed by atoms with Gasteiger partial charge in [-0.25, -0.2) is 13.8 Å². The van der Waals surface area contributed by atoms with E-state index in [1.54, 1.807) is 0 Å². The molecule has 20 heavy (non-hydrogen) atoms. The maximum atomic E-state index is 13.0. The number of hydrogen-bond acceptors (Lipinski definition) is 4. The van der Waals surface area contributed by atoms with Crippen molar-refractivity contribution < 1.29 is 13.7 Å². The molecule has 0 fully saturated rings. The van der Waals surface area contributed by atoms with Gasteiger partial charge < -0.3 is 5.32 Å². The zero-order valence-corrected chi connectivity index (χ0v) is 10.3. The summed E-state index contributed by atoms with van der Waals surface area (Å²) in [5.74, 6) is -0.918. The molecule has 0 saturated heterocycles. The van der Waals surface area contributed by atoms with Gasteiger partial charge in [0.25, 0.3) is 5.69 Å². The first kappa shape index (κ1) is 13.9. The molecule has 0 atom stereocenters. The Kier molecular flexibility index (Phi) is 4.19. The number of rotatable bonds is 5. The Morgan fingerprint density at radius 1 is 1.20 bits per heavy atom. The molecule has 2 rings (SSSR count). The number of nitro groups is 1. The summed E-state index contributed by atoms with van der Waals surface area (Å²) in [6.45, 7) is 0.358. The van der Waals surface area contributed by atoms with Crippen molar-refractivity contribution in [2.24, 2.45) is 0 Å². The molecule has 1 aromatic carbocycles. The summed E-state index contributed by atoms with van der Waals surface area (Å²) < 4.78 is 25.9. The van der Waals surface area contributed by atoms with Crippen LogP contribution in [0.4, 0.5) is 20.3 Å². The second kappa shape index (κ2) is 6.05. The van der Waals surface area contributed by atoms with Crippen molar-refractivity contribution in [3.8, 4) is 0 Å². The molecule has 1 aromatic heterocycles. The molecule has 7 heteroatoms. The highest BCUT2D eigenvalue weighted by Gasteiger charge is 2.06. The number of benzene rings is 1. The van der Waals surface area contributed by atoms with E-state index in [1.165, 1.54) is 30.5 Å². The van der Waals surface area contributed by atoms with Crippen molar-refractivity contribution in [2.45, 2.75) is 6.42 Å². The molecule has 0 aliphatic heterocycles. The largest absolute Gasteiger partial charge is 0.370 e. The van der Waals surface area contributed by atoms with E-state index < -0.39 is 16.6 Å². The van der Waals surface area contributed by atoms with Gasteiger partial charge in [0.15, 0.2) is 0 Å². The van der Waals surface area contributed by atoms with Gasteiger partial charge in [0.2, 0.25) is 0 Å². The minimum Gasteiger partial charge on any atom is -0.370 e. The fourth-order valence-corrected chi connectivity index (χ4v) is 1.72. The van der Waals surface area contributed by atoms with E-state index in [1.807, 2.05) is 0 Å². The summed E-state index contributed by atoms with van der Waals surface area (Å²) in [6.07, 6.45) is 1.70. The van der Waals surface area contributed by atoms with Crippen molar-refractivity contribution in [1.82, 2.24) is 4.98 Å². The van der Waals surface area contributed by atoms with Crippen molar-refractivity contribution in [3.05, 3.63) is 63.8 Å². The van der Waals surface area contributed by atoms with E-state index in [2.05, 4.69) is 10.3 Å². The molecule has 0 saturated carbocycles. The fourth-order valence-electron chi connectivity index (χ4n) is 1.72. The van der Waals surface area contributed by atoms with Crippen molar-refractivity contribution in [1.29, 1.82) is 0 Å². The zero-order valence-electron chi connectivity index (χ0n) is 10.3. The van der Waals surface area contributed by atoms with Gasteiger partial charge in [-0.2, -0.15) is 0 Å². The van der Waals surface area contributed by atoms with Crippen LogP contribution in [-0.2, 0) is 6.42 Å². The number of anilines is 1. The fraction of sp³-hybridized carbons (Fsp3) is 0.154. The van der Waals surface area contributed by atoms with E-state index in [0.717, 1.165) is 6.07 Å². The highest BCUT2D eigenvalue weighted by molar-refractivity contribution is 5.44. The van der Waals surface area contributed by atoms with E-state index in [-0.39, 0.29) is 5.69 Å². The summed E-state index contributed by atoms with van der Waals surface area (Å²) in [5, 5.41) is 13.5. The van der Waals surface area contributed by atoms with Crippen LogP contribution in [0.5, 0.6) is 0 Å². The standard InChI is InChI=1S/C13H11F2N3O2/c14-10-5-9(6-11(15)7-10)1-3-16-13-8-12(18(19)20)2-4-17-13/h2,4-8H,1,3H2,(H,16,17). The van der Waals surface area contributed by atoms with Crippen LogP contribution in [0, 0.1) is 21.7 Å². The highest BCUT2D eigenvalue weighted by atomic mass is 19.1. The minimum absolute atomic E-state index is 0.0701. The quantitative estimate of drug-likeness (QED) is 0.675. The summed E-state index contributed by atoms with van der Waals surface area (Å²) in [4.78, 5) is 14.0. The Morgan fingerprint density at radius 3 is 2.55 bits per heavy atom. The van der Waals surface area contributed by atoms with Crippen LogP contribution in [0.3, 0.4) is 0 Å². The van der Waals surface area contributed by atoms with Crippen LogP contribution >= 0.6 is 0 Å². The van der Waals surface area contributed by atoms with Crippen LogP contribution in [0.25, 0.3) is 0 Å². The second-order valence-electron chi connectivity index (χ2n) is 4.11. The SMILES string of the molecule is O=[N+]([O-])c1ccnc(NCCc2cc(F)cc(F)c2)c1. The summed E-state index contributed by atoms with van der Waals surface area (Å²) in [5.41, 5.74) is 0.430. The zero-order chi connectivity index (χ0) is 14.5. The third-order valence-electron chi connectivity index (χ3n) is 2.60. The Labute approximate surface area is 113 Å². The lowest BCUT2D eigenvalue weighted by molar-refractivity contribution is -0.384. The molecule has 0 spiro atoms. The van der Waals surface area contributed by atoms with Crippen molar-refractivity contribution in [3.63, 3.8) is 0 Å². The predicted molar refractivity (Wildman–Crippen MR) is 69.4 cm³/mol. The second-order valence-corrected chi connectivity index (χ2v) is 4.11. The summed E-state index contributed by atoms with van der Waals surface area (Å²) in [6, 6.07) is 5.87. The van der Waals surface area contributed by atoms with Crippen LogP contribution in [0.2, 0.25) is 0 Å². The van der Waals surface area contributed by atoms with E-state index in [9.17, 15) is 18.9 Å². The molecule has 0 bridgehead atoms. The Morgan fingerprint density at radius 2 is 1.90 bits per heavy atom. The molecular formula is C13H11F2N3O2. The highest BCUT2D eigenvalue weighted by Crippen LogP contribution is 2.14. The van der Waals surface area contributed by atoms with Gasteiger partial charge in [-0.15, -0.1) is 0 Å².